The fourth-order valence-corrected chi connectivity index (χ4v) is 5.01. The van der Waals surface area contributed by atoms with Gasteiger partial charge in [-0.1, -0.05) is 181 Å². The summed E-state index contributed by atoms with van der Waals surface area (Å²) in [6.07, 6.45) is 40.7. The summed E-state index contributed by atoms with van der Waals surface area (Å²) in [4.78, 5) is 0. The summed E-state index contributed by atoms with van der Waals surface area (Å²) < 4.78 is 0. The second-order valence-electron chi connectivity index (χ2n) is 10.9. The standard InChI is InChI=1S/C32H67N.ClH/c1-3-5-7-9-11-13-15-17-19-21-23-25-27-29-31-33-32-30-28-26-24-22-20-18-16-14-12-10-8-6-4-2;/h33H,3-32H2,1-2H3;1H. The van der Waals surface area contributed by atoms with E-state index >= 15 is 0 Å². The van der Waals surface area contributed by atoms with Gasteiger partial charge in [0.05, 0.1) is 0 Å². The molecule has 0 aromatic heterocycles. The normalized spacial score (nSPS) is 11.1. The van der Waals surface area contributed by atoms with Gasteiger partial charge in [0.25, 0.3) is 0 Å². The maximum Gasteiger partial charge on any atom is -0.00489 e. The van der Waals surface area contributed by atoms with Crippen molar-refractivity contribution in [3.8, 4) is 0 Å². The Morgan fingerprint density at radius 2 is 0.441 bits per heavy atom. The molecule has 0 saturated heterocycles. The molecule has 0 spiro atoms. The Bertz CT molecular complexity index is 290. The molecule has 0 aromatic rings. The minimum Gasteiger partial charge on any atom is -0.317 e. The summed E-state index contributed by atoms with van der Waals surface area (Å²) in [5.74, 6) is 0. The van der Waals surface area contributed by atoms with E-state index in [2.05, 4.69) is 19.2 Å². The first-order valence-electron chi connectivity index (χ1n) is 16.1. The van der Waals surface area contributed by atoms with E-state index < -0.39 is 0 Å². The highest BCUT2D eigenvalue weighted by atomic mass is 35.5. The first kappa shape index (κ1) is 36.4. The number of nitrogens with one attached hydrogen (secondary N) is 1. The summed E-state index contributed by atoms with van der Waals surface area (Å²) in [5, 5.41) is 3.67. The highest BCUT2D eigenvalue weighted by molar-refractivity contribution is 5.85. The molecule has 0 saturated carbocycles. The third-order valence-electron chi connectivity index (χ3n) is 7.41. The highest BCUT2D eigenvalue weighted by Crippen LogP contribution is 2.14. The minimum absolute atomic E-state index is 0. The topological polar surface area (TPSA) is 12.0 Å². The molecule has 1 N–H and O–H groups in total. The van der Waals surface area contributed by atoms with Gasteiger partial charge >= 0.3 is 0 Å². The average Bonchev–Trinajstić information content (AvgIpc) is 2.83. The zero-order valence-electron chi connectivity index (χ0n) is 24.1. The summed E-state index contributed by atoms with van der Waals surface area (Å²) in [6.45, 7) is 7.10. The minimum atomic E-state index is 0. The predicted molar refractivity (Wildman–Crippen MR) is 161 cm³/mol. The molecule has 34 heavy (non-hydrogen) atoms. The van der Waals surface area contributed by atoms with Crippen LogP contribution in [-0.4, -0.2) is 13.1 Å². The van der Waals surface area contributed by atoms with Crippen LogP contribution in [0.1, 0.15) is 194 Å². The summed E-state index contributed by atoms with van der Waals surface area (Å²) >= 11 is 0. The molecule has 0 aliphatic rings. The van der Waals surface area contributed by atoms with E-state index in [9.17, 15) is 0 Å². The van der Waals surface area contributed by atoms with Crippen LogP contribution in [-0.2, 0) is 0 Å². The Balaban J connectivity index is 0. The Morgan fingerprint density at radius 3 is 0.647 bits per heavy atom. The highest BCUT2D eigenvalue weighted by Gasteiger charge is 1.96. The van der Waals surface area contributed by atoms with E-state index in [4.69, 9.17) is 0 Å². The first-order chi connectivity index (χ1) is 16.4. The van der Waals surface area contributed by atoms with E-state index in [1.807, 2.05) is 0 Å². The van der Waals surface area contributed by atoms with E-state index in [0.29, 0.717) is 0 Å². The lowest BCUT2D eigenvalue weighted by atomic mass is 10.0. The molecular weight excluding hydrogens is 434 g/mol. The molecule has 0 heterocycles. The van der Waals surface area contributed by atoms with Crippen LogP contribution in [0.25, 0.3) is 0 Å². The fourth-order valence-electron chi connectivity index (χ4n) is 5.01. The van der Waals surface area contributed by atoms with Crippen molar-refractivity contribution < 1.29 is 0 Å². The zero-order valence-corrected chi connectivity index (χ0v) is 24.9. The molecule has 1 nitrogen and oxygen atoms in total. The maximum absolute atomic E-state index is 3.67. The predicted octanol–water partition coefficient (Wildman–Crippen LogP) is 12.0. The maximum atomic E-state index is 3.67. The lowest BCUT2D eigenvalue weighted by Crippen LogP contribution is -2.16. The molecule has 0 atom stereocenters. The van der Waals surface area contributed by atoms with Crippen LogP contribution in [0.15, 0.2) is 0 Å². The number of hydrogen-bond donors (Lipinski definition) is 1. The van der Waals surface area contributed by atoms with Gasteiger partial charge in [-0.3, -0.25) is 0 Å². The van der Waals surface area contributed by atoms with Crippen LogP contribution in [0.3, 0.4) is 0 Å². The Kier molecular flexibility index (Phi) is 37.9. The van der Waals surface area contributed by atoms with Crippen LogP contribution >= 0.6 is 12.4 Å². The third-order valence-corrected chi connectivity index (χ3v) is 7.41. The molecule has 0 fully saturated rings. The molecule has 0 unspecified atom stereocenters. The van der Waals surface area contributed by atoms with Gasteiger partial charge in [-0.2, -0.15) is 0 Å². The Hall–Kier alpha value is 0.250. The molecule has 0 aromatic carbocycles. The van der Waals surface area contributed by atoms with Gasteiger partial charge in [0.2, 0.25) is 0 Å². The van der Waals surface area contributed by atoms with Crippen LogP contribution in [0.5, 0.6) is 0 Å². The van der Waals surface area contributed by atoms with Crippen LogP contribution in [0.2, 0.25) is 0 Å². The number of rotatable bonds is 30. The summed E-state index contributed by atoms with van der Waals surface area (Å²) in [5.41, 5.74) is 0. The molecule has 2 heteroatoms. The Labute approximate surface area is 224 Å². The van der Waals surface area contributed by atoms with Gasteiger partial charge in [-0.05, 0) is 25.9 Å². The molecular formula is C32H68ClN. The first-order valence-corrected chi connectivity index (χ1v) is 16.1. The second kappa shape index (κ2) is 35.4. The van der Waals surface area contributed by atoms with Crippen molar-refractivity contribution in [3.05, 3.63) is 0 Å². The number of hydrogen-bond acceptors (Lipinski definition) is 1. The van der Waals surface area contributed by atoms with Gasteiger partial charge in [0.1, 0.15) is 0 Å². The van der Waals surface area contributed by atoms with Crippen molar-refractivity contribution in [2.24, 2.45) is 0 Å². The van der Waals surface area contributed by atoms with Gasteiger partial charge in [-0.15, -0.1) is 12.4 Å². The molecule has 0 aliphatic carbocycles. The van der Waals surface area contributed by atoms with Crippen molar-refractivity contribution >= 4 is 12.4 Å². The van der Waals surface area contributed by atoms with Crippen molar-refractivity contribution in [2.45, 2.75) is 194 Å². The lowest BCUT2D eigenvalue weighted by Gasteiger charge is -2.06. The van der Waals surface area contributed by atoms with Crippen LogP contribution < -0.4 is 5.32 Å². The van der Waals surface area contributed by atoms with Gasteiger partial charge in [0, 0.05) is 0 Å². The molecule has 0 amide bonds. The molecule has 0 bridgehead atoms. The average molecular weight is 502 g/mol. The smallest absolute Gasteiger partial charge is 0.00489 e. The van der Waals surface area contributed by atoms with Crippen LogP contribution in [0.4, 0.5) is 0 Å². The monoisotopic (exact) mass is 502 g/mol. The van der Waals surface area contributed by atoms with E-state index in [1.165, 1.54) is 193 Å². The molecule has 0 radical (unpaired) electrons. The second-order valence-corrected chi connectivity index (χ2v) is 10.9. The van der Waals surface area contributed by atoms with Crippen molar-refractivity contribution in [1.29, 1.82) is 0 Å². The summed E-state index contributed by atoms with van der Waals surface area (Å²) in [7, 11) is 0. The fraction of sp³-hybridized carbons (Fsp3) is 1.00. The van der Waals surface area contributed by atoms with Crippen molar-refractivity contribution in [3.63, 3.8) is 0 Å². The zero-order chi connectivity index (χ0) is 23.9. The van der Waals surface area contributed by atoms with E-state index in [-0.39, 0.29) is 12.4 Å². The molecule has 208 valence electrons. The van der Waals surface area contributed by atoms with Crippen LogP contribution in [0, 0.1) is 0 Å². The third kappa shape index (κ3) is 34.4. The van der Waals surface area contributed by atoms with Gasteiger partial charge in [-0.25, -0.2) is 0 Å². The molecule has 0 aliphatic heterocycles. The van der Waals surface area contributed by atoms with Crippen molar-refractivity contribution in [1.82, 2.24) is 5.32 Å². The Morgan fingerprint density at radius 1 is 0.265 bits per heavy atom. The quantitative estimate of drug-likeness (QED) is 0.0964. The largest absolute Gasteiger partial charge is 0.317 e. The van der Waals surface area contributed by atoms with Crippen molar-refractivity contribution in [2.75, 3.05) is 13.1 Å². The summed E-state index contributed by atoms with van der Waals surface area (Å²) in [6, 6.07) is 0. The SMILES string of the molecule is CCCCCCCCCCCCCCCCNCCCCCCCCCCCCCCCC.Cl. The number of halogens is 1. The lowest BCUT2D eigenvalue weighted by molar-refractivity contribution is 0.518. The molecule has 0 rings (SSSR count). The van der Waals surface area contributed by atoms with E-state index in [0.717, 1.165) is 0 Å². The number of unbranched alkanes of at least 4 members (excludes halogenated alkanes) is 26. The van der Waals surface area contributed by atoms with Gasteiger partial charge < -0.3 is 5.32 Å². The van der Waals surface area contributed by atoms with Gasteiger partial charge in [0.15, 0.2) is 0 Å². The van der Waals surface area contributed by atoms with E-state index in [1.54, 1.807) is 0 Å².